The standard InChI is InChI=1S/C11H12BrNS/c1-2-9(13)11-5-7-3-4-8(12)6-10(7)14-11/h3-6,9H,2,13H2,1H3. The number of fused-ring (bicyclic) bond motifs is 1. The Morgan fingerprint density at radius 2 is 2.21 bits per heavy atom. The van der Waals surface area contributed by atoms with Gasteiger partial charge in [-0.25, -0.2) is 0 Å². The molecule has 14 heavy (non-hydrogen) atoms. The largest absolute Gasteiger partial charge is 0.323 e. The zero-order chi connectivity index (χ0) is 10.1. The predicted octanol–water partition coefficient (Wildman–Crippen LogP) is 4.07. The molecular weight excluding hydrogens is 258 g/mol. The van der Waals surface area contributed by atoms with Crippen LogP contribution in [0.1, 0.15) is 24.3 Å². The lowest BCUT2D eigenvalue weighted by molar-refractivity contribution is 0.712. The first-order valence-electron chi connectivity index (χ1n) is 4.65. The Morgan fingerprint density at radius 1 is 1.43 bits per heavy atom. The average molecular weight is 270 g/mol. The summed E-state index contributed by atoms with van der Waals surface area (Å²) in [5.41, 5.74) is 5.99. The normalized spacial score (nSPS) is 13.4. The molecule has 1 atom stereocenters. The Kier molecular flexibility index (Phi) is 2.91. The van der Waals surface area contributed by atoms with Gasteiger partial charge in [-0.05, 0) is 30.0 Å². The molecule has 1 nitrogen and oxygen atoms in total. The van der Waals surface area contributed by atoms with Crippen LogP contribution in [0.2, 0.25) is 0 Å². The van der Waals surface area contributed by atoms with Crippen LogP contribution in [-0.4, -0.2) is 0 Å². The monoisotopic (exact) mass is 269 g/mol. The summed E-state index contributed by atoms with van der Waals surface area (Å²) >= 11 is 5.26. The van der Waals surface area contributed by atoms with Gasteiger partial charge in [0.25, 0.3) is 0 Å². The minimum absolute atomic E-state index is 0.186. The summed E-state index contributed by atoms with van der Waals surface area (Å²) < 4.78 is 2.43. The van der Waals surface area contributed by atoms with E-state index in [-0.39, 0.29) is 6.04 Å². The van der Waals surface area contributed by atoms with Crippen molar-refractivity contribution in [3.63, 3.8) is 0 Å². The van der Waals surface area contributed by atoms with Crippen molar-refractivity contribution in [2.24, 2.45) is 5.73 Å². The number of thiophene rings is 1. The Hall–Kier alpha value is -0.380. The van der Waals surface area contributed by atoms with Crippen LogP contribution in [0.25, 0.3) is 10.1 Å². The quantitative estimate of drug-likeness (QED) is 0.874. The number of hydrogen-bond acceptors (Lipinski definition) is 2. The molecule has 0 saturated heterocycles. The number of benzene rings is 1. The van der Waals surface area contributed by atoms with Crippen molar-refractivity contribution < 1.29 is 0 Å². The van der Waals surface area contributed by atoms with E-state index in [1.54, 1.807) is 11.3 Å². The van der Waals surface area contributed by atoms with Crippen LogP contribution in [0.5, 0.6) is 0 Å². The zero-order valence-electron chi connectivity index (χ0n) is 7.96. The van der Waals surface area contributed by atoms with E-state index in [1.807, 2.05) is 0 Å². The molecule has 1 heterocycles. The molecule has 3 heteroatoms. The Bertz CT molecular complexity index is 449. The number of rotatable bonds is 2. The van der Waals surface area contributed by atoms with Gasteiger partial charge in [0.1, 0.15) is 0 Å². The molecule has 2 N–H and O–H groups in total. The molecule has 74 valence electrons. The maximum absolute atomic E-state index is 5.99. The van der Waals surface area contributed by atoms with Gasteiger partial charge in [0, 0.05) is 20.1 Å². The van der Waals surface area contributed by atoms with Gasteiger partial charge in [0.15, 0.2) is 0 Å². The predicted molar refractivity (Wildman–Crippen MR) is 66.7 cm³/mol. The molecule has 0 bridgehead atoms. The first-order valence-corrected chi connectivity index (χ1v) is 6.26. The van der Waals surface area contributed by atoms with Gasteiger partial charge in [-0.2, -0.15) is 0 Å². The van der Waals surface area contributed by atoms with Crippen LogP contribution in [0.15, 0.2) is 28.7 Å². The highest BCUT2D eigenvalue weighted by molar-refractivity contribution is 9.10. The smallest absolute Gasteiger partial charge is 0.0387 e. The third-order valence-electron chi connectivity index (χ3n) is 2.31. The van der Waals surface area contributed by atoms with Crippen LogP contribution in [-0.2, 0) is 0 Å². The molecule has 2 rings (SSSR count). The molecule has 0 aliphatic heterocycles. The van der Waals surface area contributed by atoms with Crippen molar-refractivity contribution in [1.82, 2.24) is 0 Å². The van der Waals surface area contributed by atoms with Crippen LogP contribution >= 0.6 is 27.3 Å². The van der Waals surface area contributed by atoms with E-state index in [9.17, 15) is 0 Å². The Balaban J connectivity index is 2.51. The summed E-state index contributed by atoms with van der Waals surface area (Å²) in [5, 5.41) is 1.29. The lowest BCUT2D eigenvalue weighted by atomic mass is 10.2. The first kappa shape index (κ1) is 10.1. The molecule has 2 aromatic rings. The minimum Gasteiger partial charge on any atom is -0.323 e. The van der Waals surface area contributed by atoms with Gasteiger partial charge >= 0.3 is 0 Å². The van der Waals surface area contributed by atoms with Gasteiger partial charge in [0.05, 0.1) is 0 Å². The van der Waals surface area contributed by atoms with Crippen molar-refractivity contribution in [2.75, 3.05) is 0 Å². The van der Waals surface area contributed by atoms with E-state index in [4.69, 9.17) is 5.73 Å². The summed E-state index contributed by atoms with van der Waals surface area (Å²) in [6, 6.07) is 8.72. The van der Waals surface area contributed by atoms with Crippen molar-refractivity contribution in [1.29, 1.82) is 0 Å². The van der Waals surface area contributed by atoms with E-state index in [0.717, 1.165) is 10.9 Å². The summed E-state index contributed by atoms with van der Waals surface area (Å²) in [6.07, 6.45) is 0.994. The number of nitrogens with two attached hydrogens (primary N) is 1. The van der Waals surface area contributed by atoms with E-state index in [2.05, 4.69) is 47.1 Å². The van der Waals surface area contributed by atoms with Crippen molar-refractivity contribution in [3.05, 3.63) is 33.6 Å². The second-order valence-corrected chi connectivity index (χ2v) is 5.38. The molecule has 0 spiro atoms. The van der Waals surface area contributed by atoms with Gasteiger partial charge < -0.3 is 5.73 Å². The fraction of sp³-hybridized carbons (Fsp3) is 0.273. The third-order valence-corrected chi connectivity index (χ3v) is 4.03. The highest BCUT2D eigenvalue weighted by atomic mass is 79.9. The van der Waals surface area contributed by atoms with E-state index < -0.39 is 0 Å². The second-order valence-electron chi connectivity index (χ2n) is 3.35. The zero-order valence-corrected chi connectivity index (χ0v) is 10.4. The fourth-order valence-corrected chi connectivity index (χ4v) is 3.11. The van der Waals surface area contributed by atoms with Crippen LogP contribution in [0.3, 0.4) is 0 Å². The van der Waals surface area contributed by atoms with Crippen molar-refractivity contribution in [3.8, 4) is 0 Å². The molecule has 0 amide bonds. The number of halogens is 1. The Morgan fingerprint density at radius 3 is 2.93 bits per heavy atom. The highest BCUT2D eigenvalue weighted by Crippen LogP contribution is 2.31. The lowest BCUT2D eigenvalue weighted by Gasteiger charge is -2.02. The highest BCUT2D eigenvalue weighted by Gasteiger charge is 2.07. The maximum Gasteiger partial charge on any atom is 0.0387 e. The SMILES string of the molecule is CCC(N)c1cc2ccc(Br)cc2s1. The number of hydrogen-bond donors (Lipinski definition) is 1. The van der Waals surface area contributed by atoms with Crippen molar-refractivity contribution in [2.45, 2.75) is 19.4 Å². The summed E-state index contributed by atoms with van der Waals surface area (Å²) in [6.45, 7) is 2.12. The van der Waals surface area contributed by atoms with Crippen LogP contribution in [0.4, 0.5) is 0 Å². The summed E-state index contributed by atoms with van der Waals surface area (Å²) in [7, 11) is 0. The lowest BCUT2D eigenvalue weighted by Crippen LogP contribution is -2.05. The first-order chi connectivity index (χ1) is 6.70. The van der Waals surface area contributed by atoms with Gasteiger partial charge in [-0.15, -0.1) is 11.3 Å². The van der Waals surface area contributed by atoms with E-state index in [0.29, 0.717) is 0 Å². The fourth-order valence-electron chi connectivity index (χ4n) is 1.41. The van der Waals surface area contributed by atoms with Gasteiger partial charge in [-0.3, -0.25) is 0 Å². The molecule has 0 aliphatic carbocycles. The second kappa shape index (κ2) is 4.01. The van der Waals surface area contributed by atoms with E-state index in [1.165, 1.54) is 15.0 Å². The van der Waals surface area contributed by atoms with E-state index >= 15 is 0 Å². The molecule has 1 aromatic heterocycles. The average Bonchev–Trinajstić information content (AvgIpc) is 2.59. The molecule has 0 aliphatic rings. The van der Waals surface area contributed by atoms with Crippen LogP contribution in [0, 0.1) is 0 Å². The topological polar surface area (TPSA) is 26.0 Å². The Labute approximate surface area is 96.1 Å². The molecule has 1 aromatic carbocycles. The minimum atomic E-state index is 0.186. The summed E-state index contributed by atoms with van der Waals surface area (Å²) in [5.74, 6) is 0. The molecule has 0 saturated carbocycles. The maximum atomic E-state index is 5.99. The van der Waals surface area contributed by atoms with Crippen LogP contribution < -0.4 is 5.73 Å². The molecule has 0 fully saturated rings. The van der Waals surface area contributed by atoms with Crippen molar-refractivity contribution >= 4 is 37.4 Å². The summed E-state index contributed by atoms with van der Waals surface area (Å²) in [4.78, 5) is 1.28. The third kappa shape index (κ3) is 1.85. The van der Waals surface area contributed by atoms with Gasteiger partial charge in [-0.1, -0.05) is 28.9 Å². The molecular formula is C11H12BrNS. The molecule has 1 unspecified atom stereocenters. The molecule has 0 radical (unpaired) electrons. The van der Waals surface area contributed by atoms with Gasteiger partial charge in [0.2, 0.25) is 0 Å².